The molecular formula is C29H31N3O6. The molecule has 9 nitrogen and oxygen atoms in total. The Morgan fingerprint density at radius 2 is 1.32 bits per heavy atom. The van der Waals surface area contributed by atoms with Crippen LogP contribution in [0.2, 0.25) is 0 Å². The lowest BCUT2D eigenvalue weighted by molar-refractivity contribution is -0.159. The second-order valence-corrected chi connectivity index (χ2v) is 9.46. The van der Waals surface area contributed by atoms with Crippen molar-refractivity contribution in [2.75, 3.05) is 33.0 Å². The van der Waals surface area contributed by atoms with Crippen molar-refractivity contribution >= 4 is 33.7 Å². The van der Waals surface area contributed by atoms with E-state index in [1.165, 1.54) is 32.9 Å². The molecule has 0 unspecified atom stereocenters. The van der Waals surface area contributed by atoms with Crippen LogP contribution in [0.1, 0.15) is 18.1 Å². The molecule has 1 saturated heterocycles. The van der Waals surface area contributed by atoms with Crippen LogP contribution in [-0.2, 0) is 29.2 Å². The first-order chi connectivity index (χ1) is 18.4. The van der Waals surface area contributed by atoms with Crippen molar-refractivity contribution in [3.63, 3.8) is 0 Å². The molecule has 0 saturated carbocycles. The number of hydrogen-bond acceptors (Lipinski definition) is 6. The third kappa shape index (κ3) is 5.44. The number of hydrogen-bond donors (Lipinski definition) is 2. The van der Waals surface area contributed by atoms with E-state index in [9.17, 15) is 0 Å². The molecule has 6 rings (SSSR count). The van der Waals surface area contributed by atoms with Gasteiger partial charge in [-0.25, -0.2) is 9.59 Å². The summed E-state index contributed by atoms with van der Waals surface area (Å²) in [5, 5.41) is 17.5. The van der Waals surface area contributed by atoms with Gasteiger partial charge in [0.25, 0.3) is 0 Å². The molecule has 3 heterocycles. The number of benzene rings is 3. The van der Waals surface area contributed by atoms with Crippen molar-refractivity contribution in [3.05, 3.63) is 71.8 Å². The summed E-state index contributed by atoms with van der Waals surface area (Å²) >= 11 is 0. The number of aliphatic carboxylic acids is 2. The van der Waals surface area contributed by atoms with Crippen LogP contribution in [0.25, 0.3) is 21.8 Å². The highest BCUT2D eigenvalue weighted by molar-refractivity contribution is 6.27. The van der Waals surface area contributed by atoms with Gasteiger partial charge in [0, 0.05) is 67.6 Å². The van der Waals surface area contributed by atoms with E-state index in [2.05, 4.69) is 75.9 Å². The Kier molecular flexibility index (Phi) is 7.48. The normalized spacial score (nSPS) is 15.4. The van der Waals surface area contributed by atoms with Gasteiger partial charge in [-0.05, 0) is 48.4 Å². The molecule has 0 spiro atoms. The van der Waals surface area contributed by atoms with Gasteiger partial charge >= 0.3 is 11.9 Å². The SMILES string of the molecule is CCn1c2ccccc2c2cc(CN3CCN(Cc4ccc5c(c4)OCO5)CC3)ccc21.O=C(O)C(=O)O. The van der Waals surface area contributed by atoms with Gasteiger partial charge in [0.05, 0.1) is 0 Å². The minimum absolute atomic E-state index is 0.336. The molecule has 1 fully saturated rings. The first kappa shape index (κ1) is 25.6. The molecule has 1 aromatic heterocycles. The maximum absolute atomic E-state index is 9.10. The van der Waals surface area contributed by atoms with E-state index in [4.69, 9.17) is 29.3 Å². The van der Waals surface area contributed by atoms with Gasteiger partial charge in [-0.15, -0.1) is 0 Å². The lowest BCUT2D eigenvalue weighted by Crippen LogP contribution is -2.45. The summed E-state index contributed by atoms with van der Waals surface area (Å²) in [5.74, 6) is -1.91. The molecule has 2 N–H and O–H groups in total. The van der Waals surface area contributed by atoms with Gasteiger partial charge in [-0.2, -0.15) is 0 Å². The highest BCUT2D eigenvalue weighted by atomic mass is 16.7. The van der Waals surface area contributed by atoms with Crippen molar-refractivity contribution in [2.45, 2.75) is 26.6 Å². The van der Waals surface area contributed by atoms with E-state index in [-0.39, 0.29) is 0 Å². The number of carboxylic acids is 2. The van der Waals surface area contributed by atoms with Gasteiger partial charge in [0.2, 0.25) is 6.79 Å². The molecule has 0 bridgehead atoms. The molecule has 2 aliphatic heterocycles. The monoisotopic (exact) mass is 517 g/mol. The number of nitrogens with zero attached hydrogens (tertiary/aromatic N) is 3. The summed E-state index contributed by atoms with van der Waals surface area (Å²) in [4.78, 5) is 23.3. The number of piperazine rings is 1. The summed E-state index contributed by atoms with van der Waals surface area (Å²) in [7, 11) is 0. The molecule has 0 amide bonds. The second-order valence-electron chi connectivity index (χ2n) is 9.46. The molecule has 0 radical (unpaired) electrons. The average Bonchev–Trinajstić information content (AvgIpc) is 3.52. The predicted molar refractivity (Wildman–Crippen MR) is 144 cm³/mol. The van der Waals surface area contributed by atoms with Crippen molar-refractivity contribution < 1.29 is 29.3 Å². The Labute approximate surface area is 220 Å². The molecule has 4 aromatic rings. The van der Waals surface area contributed by atoms with Gasteiger partial charge in [-0.3, -0.25) is 9.80 Å². The zero-order valence-corrected chi connectivity index (χ0v) is 21.3. The Bertz CT molecular complexity index is 1460. The lowest BCUT2D eigenvalue weighted by Gasteiger charge is -2.34. The van der Waals surface area contributed by atoms with Gasteiger partial charge < -0.3 is 24.3 Å². The standard InChI is InChI=1S/C27H29N3O2.C2H2O4/c1-2-30-24-6-4-3-5-22(24)23-15-20(7-9-25(23)30)17-28-11-13-29(14-12-28)18-21-8-10-26-27(16-21)32-19-31-26;3-1(4)2(5)6/h3-10,15-16H,2,11-14,17-19H2,1H3;(H,3,4)(H,5,6). The Morgan fingerprint density at radius 3 is 1.97 bits per heavy atom. The average molecular weight is 518 g/mol. The Morgan fingerprint density at radius 1 is 0.737 bits per heavy atom. The van der Waals surface area contributed by atoms with Gasteiger partial charge in [0.15, 0.2) is 11.5 Å². The fraction of sp³-hybridized carbons (Fsp3) is 0.310. The van der Waals surface area contributed by atoms with Crippen molar-refractivity contribution in [1.29, 1.82) is 0 Å². The van der Waals surface area contributed by atoms with Crippen LogP contribution in [0.4, 0.5) is 0 Å². The fourth-order valence-corrected chi connectivity index (χ4v) is 5.20. The minimum Gasteiger partial charge on any atom is -0.473 e. The van der Waals surface area contributed by atoms with Crippen LogP contribution in [0, 0.1) is 0 Å². The largest absolute Gasteiger partial charge is 0.473 e. The molecule has 9 heteroatoms. The maximum atomic E-state index is 9.10. The number of ether oxygens (including phenoxy) is 2. The van der Waals surface area contributed by atoms with Crippen LogP contribution < -0.4 is 9.47 Å². The third-order valence-corrected chi connectivity index (χ3v) is 7.05. The van der Waals surface area contributed by atoms with Crippen LogP contribution in [0.3, 0.4) is 0 Å². The minimum atomic E-state index is -1.82. The zero-order chi connectivity index (χ0) is 26.6. The van der Waals surface area contributed by atoms with E-state index in [0.717, 1.165) is 57.3 Å². The molecule has 198 valence electrons. The summed E-state index contributed by atoms with van der Waals surface area (Å²) in [6.07, 6.45) is 0. The quantitative estimate of drug-likeness (QED) is 0.383. The van der Waals surface area contributed by atoms with E-state index in [1.807, 2.05) is 6.07 Å². The number of fused-ring (bicyclic) bond motifs is 4. The van der Waals surface area contributed by atoms with Crippen molar-refractivity contribution in [3.8, 4) is 11.5 Å². The van der Waals surface area contributed by atoms with Crippen LogP contribution in [0.5, 0.6) is 11.5 Å². The number of rotatable bonds is 5. The van der Waals surface area contributed by atoms with Crippen LogP contribution >= 0.6 is 0 Å². The molecule has 3 aromatic carbocycles. The van der Waals surface area contributed by atoms with E-state index in [1.54, 1.807) is 0 Å². The van der Waals surface area contributed by atoms with E-state index >= 15 is 0 Å². The predicted octanol–water partition coefficient (Wildman–Crippen LogP) is 4.02. The van der Waals surface area contributed by atoms with E-state index < -0.39 is 11.9 Å². The van der Waals surface area contributed by atoms with Crippen LogP contribution in [0.15, 0.2) is 60.7 Å². The highest BCUT2D eigenvalue weighted by Gasteiger charge is 2.19. The van der Waals surface area contributed by atoms with Gasteiger partial charge in [-0.1, -0.05) is 30.3 Å². The lowest BCUT2D eigenvalue weighted by atomic mass is 10.1. The summed E-state index contributed by atoms with van der Waals surface area (Å²) < 4.78 is 13.4. The topological polar surface area (TPSA) is 104 Å². The maximum Gasteiger partial charge on any atom is 0.414 e. The van der Waals surface area contributed by atoms with Crippen LogP contribution in [-0.4, -0.2) is 69.5 Å². The fourth-order valence-electron chi connectivity index (χ4n) is 5.20. The second kappa shape index (κ2) is 11.1. The number of carbonyl (C=O) groups is 2. The first-order valence-corrected chi connectivity index (χ1v) is 12.7. The van der Waals surface area contributed by atoms with Crippen molar-refractivity contribution in [2.24, 2.45) is 0 Å². The summed E-state index contributed by atoms with van der Waals surface area (Å²) in [5.41, 5.74) is 5.37. The molecule has 0 atom stereocenters. The molecular weight excluding hydrogens is 486 g/mol. The van der Waals surface area contributed by atoms with Crippen molar-refractivity contribution in [1.82, 2.24) is 14.4 Å². The third-order valence-electron chi connectivity index (χ3n) is 7.05. The zero-order valence-electron chi connectivity index (χ0n) is 21.3. The highest BCUT2D eigenvalue weighted by Crippen LogP contribution is 2.33. The first-order valence-electron chi connectivity index (χ1n) is 12.7. The molecule has 38 heavy (non-hydrogen) atoms. The number of aryl methyl sites for hydroxylation is 1. The smallest absolute Gasteiger partial charge is 0.414 e. The number of para-hydroxylation sites is 1. The molecule has 0 aliphatic carbocycles. The Hall–Kier alpha value is -4.08. The number of carboxylic acid groups (broad SMARTS) is 2. The van der Waals surface area contributed by atoms with E-state index in [0.29, 0.717) is 6.79 Å². The Balaban J connectivity index is 0.000000443. The van der Waals surface area contributed by atoms with Gasteiger partial charge in [0.1, 0.15) is 0 Å². The number of aromatic nitrogens is 1. The summed E-state index contributed by atoms with van der Waals surface area (Å²) in [6, 6.07) is 22.1. The molecule has 2 aliphatic rings. The summed E-state index contributed by atoms with van der Waals surface area (Å²) in [6.45, 7) is 9.91.